The van der Waals surface area contributed by atoms with Crippen LogP contribution in [0.5, 0.6) is 0 Å². The second kappa shape index (κ2) is 12.9. The average Bonchev–Trinajstić information content (AvgIpc) is 2.82. The van der Waals surface area contributed by atoms with Crippen molar-refractivity contribution in [3.05, 3.63) is 35.9 Å². The van der Waals surface area contributed by atoms with E-state index in [-0.39, 0.29) is 48.4 Å². The molecule has 1 N–H and O–H groups in total. The first kappa shape index (κ1) is 28.6. The summed E-state index contributed by atoms with van der Waals surface area (Å²) in [6.45, 7) is 8.60. The predicted molar refractivity (Wildman–Crippen MR) is 136 cm³/mol. The van der Waals surface area contributed by atoms with Crippen molar-refractivity contribution in [2.45, 2.75) is 92.0 Å². The van der Waals surface area contributed by atoms with E-state index in [0.717, 1.165) is 25.7 Å². The number of benzene rings is 1. The van der Waals surface area contributed by atoms with Gasteiger partial charge in [0.2, 0.25) is 11.7 Å². The number of carbonyl (C=O) groups is 5. The summed E-state index contributed by atoms with van der Waals surface area (Å²) in [6.07, 6.45) is 5.54. The number of Topliss-reactive ketones (excluding diaryl/α,β-unsaturated/α-hetero) is 4. The average molecular weight is 484 g/mol. The smallest absolute Gasteiger partial charge is 0.226 e. The third-order valence-electron chi connectivity index (χ3n) is 7.18. The molecule has 0 aromatic heterocycles. The quantitative estimate of drug-likeness (QED) is 0.310. The summed E-state index contributed by atoms with van der Waals surface area (Å²) < 4.78 is 0. The fraction of sp³-hybridized carbons (Fsp3) is 0.621. The summed E-state index contributed by atoms with van der Waals surface area (Å²) in [5, 5.41) is 2.72. The summed E-state index contributed by atoms with van der Waals surface area (Å²) in [4.78, 5) is 64.0. The van der Waals surface area contributed by atoms with Crippen molar-refractivity contribution in [2.75, 3.05) is 0 Å². The van der Waals surface area contributed by atoms with Crippen molar-refractivity contribution in [2.24, 2.45) is 23.2 Å². The molecular formula is C29H41NO5. The van der Waals surface area contributed by atoms with Crippen LogP contribution < -0.4 is 5.32 Å². The molecule has 35 heavy (non-hydrogen) atoms. The summed E-state index contributed by atoms with van der Waals surface area (Å²) >= 11 is 0. The van der Waals surface area contributed by atoms with Crippen LogP contribution in [-0.4, -0.2) is 35.1 Å². The molecule has 0 saturated heterocycles. The van der Waals surface area contributed by atoms with Crippen molar-refractivity contribution in [3.63, 3.8) is 0 Å². The first-order valence-corrected chi connectivity index (χ1v) is 12.9. The molecule has 2 atom stereocenters. The number of hydrogen-bond donors (Lipinski definition) is 1. The van der Waals surface area contributed by atoms with Crippen LogP contribution in [0.25, 0.3) is 0 Å². The van der Waals surface area contributed by atoms with Crippen LogP contribution in [0.1, 0.15) is 96.3 Å². The second-order valence-electron chi connectivity index (χ2n) is 11.1. The van der Waals surface area contributed by atoms with Crippen LogP contribution in [0.15, 0.2) is 30.3 Å². The Balaban J connectivity index is 1.94. The van der Waals surface area contributed by atoms with E-state index in [4.69, 9.17) is 0 Å². The largest absolute Gasteiger partial charge is 0.346 e. The van der Waals surface area contributed by atoms with Crippen LogP contribution in [0.4, 0.5) is 0 Å². The number of amides is 1. The molecular weight excluding hydrogens is 442 g/mol. The summed E-state index contributed by atoms with van der Waals surface area (Å²) in [7, 11) is 0. The highest BCUT2D eigenvalue weighted by molar-refractivity contribution is 6.38. The summed E-state index contributed by atoms with van der Waals surface area (Å²) in [5.41, 5.74) is -0.473. The molecule has 6 heteroatoms. The van der Waals surface area contributed by atoms with Crippen molar-refractivity contribution in [1.29, 1.82) is 0 Å². The second-order valence-corrected chi connectivity index (χ2v) is 11.1. The lowest BCUT2D eigenvalue weighted by Crippen LogP contribution is -2.46. The van der Waals surface area contributed by atoms with Gasteiger partial charge in [0, 0.05) is 30.7 Å². The van der Waals surface area contributed by atoms with E-state index in [1.54, 1.807) is 45.0 Å². The zero-order chi connectivity index (χ0) is 26.2. The topological polar surface area (TPSA) is 97.4 Å². The lowest BCUT2D eigenvalue weighted by atomic mass is 9.80. The van der Waals surface area contributed by atoms with E-state index in [9.17, 15) is 24.0 Å². The Morgan fingerprint density at radius 1 is 0.943 bits per heavy atom. The highest BCUT2D eigenvalue weighted by Crippen LogP contribution is 2.28. The zero-order valence-corrected chi connectivity index (χ0v) is 21.9. The molecule has 2 rings (SSSR count). The maximum Gasteiger partial charge on any atom is 0.226 e. The van der Waals surface area contributed by atoms with Crippen molar-refractivity contribution >= 4 is 29.0 Å². The molecule has 0 radical (unpaired) electrons. The van der Waals surface area contributed by atoms with E-state index < -0.39 is 29.1 Å². The van der Waals surface area contributed by atoms with E-state index >= 15 is 0 Å². The number of rotatable bonds is 13. The van der Waals surface area contributed by atoms with E-state index in [1.165, 1.54) is 6.42 Å². The van der Waals surface area contributed by atoms with Gasteiger partial charge in [0.25, 0.3) is 0 Å². The Hall–Kier alpha value is -2.63. The lowest BCUT2D eigenvalue weighted by molar-refractivity contribution is -0.142. The first-order valence-electron chi connectivity index (χ1n) is 12.9. The molecule has 0 bridgehead atoms. The van der Waals surface area contributed by atoms with Gasteiger partial charge in [-0.1, -0.05) is 90.1 Å². The van der Waals surface area contributed by atoms with Crippen LogP contribution in [-0.2, 0) is 19.2 Å². The highest BCUT2D eigenvalue weighted by atomic mass is 16.2. The van der Waals surface area contributed by atoms with Gasteiger partial charge in [-0.05, 0) is 18.8 Å². The Labute approximate surface area is 209 Å². The molecule has 1 saturated carbocycles. The molecule has 0 unspecified atom stereocenters. The molecule has 0 aliphatic heterocycles. The van der Waals surface area contributed by atoms with Gasteiger partial charge in [-0.2, -0.15) is 0 Å². The van der Waals surface area contributed by atoms with Gasteiger partial charge < -0.3 is 5.32 Å². The third-order valence-corrected chi connectivity index (χ3v) is 7.18. The molecule has 192 valence electrons. The summed E-state index contributed by atoms with van der Waals surface area (Å²) in [5.74, 6) is -2.26. The molecule has 6 nitrogen and oxygen atoms in total. The maximum atomic E-state index is 12.9. The normalized spacial score (nSPS) is 16.4. The van der Waals surface area contributed by atoms with Gasteiger partial charge in [-0.3, -0.25) is 24.0 Å². The van der Waals surface area contributed by atoms with Crippen molar-refractivity contribution in [3.8, 4) is 0 Å². The van der Waals surface area contributed by atoms with E-state index in [2.05, 4.69) is 5.32 Å². The minimum Gasteiger partial charge on any atom is -0.346 e. The Morgan fingerprint density at radius 2 is 1.54 bits per heavy atom. The predicted octanol–water partition coefficient (Wildman–Crippen LogP) is 5.13. The number of ketones is 4. The van der Waals surface area contributed by atoms with Gasteiger partial charge in [-0.25, -0.2) is 0 Å². The molecule has 1 aliphatic rings. The van der Waals surface area contributed by atoms with E-state index in [1.807, 2.05) is 19.9 Å². The van der Waals surface area contributed by atoms with Gasteiger partial charge in [0.15, 0.2) is 17.3 Å². The molecule has 0 spiro atoms. The van der Waals surface area contributed by atoms with Gasteiger partial charge >= 0.3 is 0 Å². The van der Waals surface area contributed by atoms with Gasteiger partial charge in [-0.15, -0.1) is 0 Å². The van der Waals surface area contributed by atoms with Crippen molar-refractivity contribution in [1.82, 2.24) is 5.32 Å². The van der Waals surface area contributed by atoms with Crippen LogP contribution in [0.2, 0.25) is 0 Å². The minimum atomic E-state index is -1.01. The first-order chi connectivity index (χ1) is 16.4. The monoisotopic (exact) mass is 483 g/mol. The minimum absolute atomic E-state index is 0.00648. The Kier molecular flexibility index (Phi) is 10.5. The standard InChI is InChI=1S/C29H41NO5/c1-19(2)23(27(34)25(32)16-21-12-8-6-9-13-21)17-24(31)20(3)30-28(35)29(4,5)18-26(33)22-14-10-7-11-15-22/h7,10-11,14-15,19-21,23H,6,8-9,12-13,16-18H2,1-5H3,(H,30,35)/t20-,23-/m0/s1. The van der Waals surface area contributed by atoms with Gasteiger partial charge in [0.1, 0.15) is 0 Å². The van der Waals surface area contributed by atoms with E-state index in [0.29, 0.717) is 5.56 Å². The van der Waals surface area contributed by atoms with Crippen molar-refractivity contribution < 1.29 is 24.0 Å². The van der Waals surface area contributed by atoms with Crippen LogP contribution in [0, 0.1) is 23.2 Å². The maximum absolute atomic E-state index is 12.9. The molecule has 1 aromatic rings. The molecule has 1 fully saturated rings. The summed E-state index contributed by atoms with van der Waals surface area (Å²) in [6, 6.07) is 7.96. The van der Waals surface area contributed by atoms with Crippen LogP contribution >= 0.6 is 0 Å². The number of hydrogen-bond acceptors (Lipinski definition) is 5. The Morgan fingerprint density at radius 3 is 2.11 bits per heavy atom. The number of nitrogens with one attached hydrogen (secondary N) is 1. The highest BCUT2D eigenvalue weighted by Gasteiger charge is 2.35. The molecule has 0 heterocycles. The van der Waals surface area contributed by atoms with Crippen LogP contribution in [0.3, 0.4) is 0 Å². The molecule has 1 amide bonds. The molecule has 1 aliphatic carbocycles. The lowest BCUT2D eigenvalue weighted by Gasteiger charge is -2.26. The molecule has 1 aromatic carbocycles. The number of carbonyl (C=O) groups excluding carboxylic acids is 5. The SMILES string of the molecule is CC(C)[C@H](CC(=O)[C@H](C)NC(=O)C(C)(C)CC(=O)c1ccccc1)C(=O)C(=O)CC1CCCCC1. The Bertz CT molecular complexity index is 912. The fourth-order valence-electron chi connectivity index (χ4n) is 4.67. The fourth-order valence-corrected chi connectivity index (χ4v) is 4.67. The third kappa shape index (κ3) is 8.52. The zero-order valence-electron chi connectivity index (χ0n) is 21.9. The van der Waals surface area contributed by atoms with Gasteiger partial charge in [0.05, 0.1) is 11.5 Å².